The number of aromatic nitrogens is 1. The van der Waals surface area contributed by atoms with E-state index in [4.69, 9.17) is 9.47 Å². The third-order valence-corrected chi connectivity index (χ3v) is 6.12. The van der Waals surface area contributed by atoms with Crippen molar-refractivity contribution in [2.24, 2.45) is 0 Å². The van der Waals surface area contributed by atoms with Gasteiger partial charge in [0.05, 0.1) is 24.1 Å². The van der Waals surface area contributed by atoms with E-state index in [2.05, 4.69) is 18.8 Å². The molecule has 0 radical (unpaired) electrons. The predicted molar refractivity (Wildman–Crippen MR) is 143 cm³/mol. The zero-order valence-electron chi connectivity index (χ0n) is 21.3. The lowest BCUT2D eigenvalue weighted by molar-refractivity contribution is 0.0734. The summed E-state index contributed by atoms with van der Waals surface area (Å²) in [6.07, 6.45) is 13.7. The van der Waals surface area contributed by atoms with Gasteiger partial charge in [-0.1, -0.05) is 70.9 Å². The topological polar surface area (TPSA) is 48.4 Å². The summed E-state index contributed by atoms with van der Waals surface area (Å²) in [5.41, 5.74) is 3.63. The number of unbranched alkanes of at least 4 members (excludes halogenated alkanes) is 7. The van der Waals surface area contributed by atoms with Gasteiger partial charge in [0.25, 0.3) is 0 Å². The summed E-state index contributed by atoms with van der Waals surface area (Å²) >= 11 is 0. The average Bonchev–Trinajstić information content (AvgIpc) is 2.90. The first-order valence-corrected chi connectivity index (χ1v) is 13.2. The third kappa shape index (κ3) is 9.20. The molecule has 0 bridgehead atoms. The molecule has 0 amide bonds. The molecule has 0 atom stereocenters. The summed E-state index contributed by atoms with van der Waals surface area (Å²) in [5, 5.41) is 0. The molecule has 0 aliphatic heterocycles. The van der Waals surface area contributed by atoms with Gasteiger partial charge in [0.15, 0.2) is 0 Å². The third-order valence-electron chi connectivity index (χ3n) is 6.12. The van der Waals surface area contributed by atoms with Gasteiger partial charge in [-0.2, -0.15) is 0 Å². The van der Waals surface area contributed by atoms with E-state index < -0.39 is 0 Å². The molecule has 3 aromatic rings. The molecular weight excluding hydrogens is 434 g/mol. The second-order valence-corrected chi connectivity index (χ2v) is 9.06. The Balaban J connectivity index is 1.47. The fraction of sp³-hybridized carbons (Fsp3) is 0.419. The SMILES string of the molecule is CCCCCCCc1ccc(C(=O)Oc2ccc(-c3ccc(OCCCCCC)cc3)nc2)cc1. The Morgan fingerprint density at radius 3 is 2.03 bits per heavy atom. The Morgan fingerprint density at radius 2 is 1.37 bits per heavy atom. The summed E-state index contributed by atoms with van der Waals surface area (Å²) in [5.74, 6) is 0.943. The second-order valence-electron chi connectivity index (χ2n) is 9.06. The van der Waals surface area contributed by atoms with Gasteiger partial charge in [-0.3, -0.25) is 4.98 Å². The summed E-state index contributed by atoms with van der Waals surface area (Å²) in [7, 11) is 0. The van der Waals surface area contributed by atoms with Crippen LogP contribution in [0.2, 0.25) is 0 Å². The quantitative estimate of drug-likeness (QED) is 0.164. The highest BCUT2D eigenvalue weighted by Crippen LogP contribution is 2.23. The highest BCUT2D eigenvalue weighted by molar-refractivity contribution is 5.91. The smallest absolute Gasteiger partial charge is 0.343 e. The Hall–Kier alpha value is -3.14. The number of benzene rings is 2. The first-order valence-electron chi connectivity index (χ1n) is 13.2. The molecular formula is C31H39NO3. The normalized spacial score (nSPS) is 10.8. The minimum atomic E-state index is -0.366. The maximum absolute atomic E-state index is 12.5. The number of hydrogen-bond donors (Lipinski definition) is 0. The zero-order valence-corrected chi connectivity index (χ0v) is 21.3. The molecule has 0 unspecified atom stereocenters. The number of nitrogens with zero attached hydrogens (tertiary/aromatic N) is 1. The van der Waals surface area contributed by atoms with Crippen molar-refractivity contribution in [2.75, 3.05) is 6.61 Å². The van der Waals surface area contributed by atoms with Crippen LogP contribution in [0.15, 0.2) is 66.9 Å². The van der Waals surface area contributed by atoms with Crippen molar-refractivity contribution < 1.29 is 14.3 Å². The monoisotopic (exact) mass is 473 g/mol. The van der Waals surface area contributed by atoms with Crippen molar-refractivity contribution in [3.8, 4) is 22.8 Å². The largest absolute Gasteiger partial charge is 0.494 e. The predicted octanol–water partition coefficient (Wildman–Crippen LogP) is 8.44. The second kappa shape index (κ2) is 15.0. The van der Waals surface area contributed by atoms with Crippen LogP contribution < -0.4 is 9.47 Å². The summed E-state index contributed by atoms with van der Waals surface area (Å²) < 4.78 is 11.3. The van der Waals surface area contributed by atoms with Gasteiger partial charge < -0.3 is 9.47 Å². The molecule has 0 fully saturated rings. The Kier molecular flexibility index (Phi) is 11.3. The number of hydrogen-bond acceptors (Lipinski definition) is 4. The van der Waals surface area contributed by atoms with Crippen LogP contribution in [0.4, 0.5) is 0 Å². The summed E-state index contributed by atoms with van der Waals surface area (Å²) in [6.45, 7) is 5.19. The first-order chi connectivity index (χ1) is 17.2. The number of pyridine rings is 1. The lowest BCUT2D eigenvalue weighted by atomic mass is 10.0. The molecule has 0 N–H and O–H groups in total. The van der Waals surface area contributed by atoms with Crippen LogP contribution in [0.1, 0.15) is 87.6 Å². The standard InChI is InChI=1S/C31H39NO3/c1-3-5-7-9-10-12-25-13-15-27(16-14-25)31(33)35-29-21-22-30(32-24-29)26-17-19-28(20-18-26)34-23-11-8-6-4-2/h13-22,24H,3-12,23H2,1-2H3. The number of ether oxygens (including phenoxy) is 2. The van der Waals surface area contributed by atoms with Crippen LogP contribution in [0.5, 0.6) is 11.5 Å². The molecule has 1 heterocycles. The van der Waals surface area contributed by atoms with Crippen molar-refractivity contribution in [1.29, 1.82) is 0 Å². The van der Waals surface area contributed by atoms with Crippen molar-refractivity contribution in [3.63, 3.8) is 0 Å². The number of rotatable bonds is 15. The van der Waals surface area contributed by atoms with Gasteiger partial charge in [-0.15, -0.1) is 0 Å². The fourth-order valence-electron chi connectivity index (χ4n) is 3.96. The summed E-state index contributed by atoms with van der Waals surface area (Å²) in [6, 6.07) is 19.3. The minimum Gasteiger partial charge on any atom is -0.494 e. The average molecular weight is 474 g/mol. The van der Waals surface area contributed by atoms with Gasteiger partial charge in [-0.05, 0) is 73.4 Å². The molecule has 4 nitrogen and oxygen atoms in total. The van der Waals surface area contributed by atoms with Gasteiger partial charge in [0.2, 0.25) is 0 Å². The van der Waals surface area contributed by atoms with Crippen LogP contribution in [-0.2, 0) is 6.42 Å². The zero-order chi connectivity index (χ0) is 24.7. The molecule has 0 aliphatic rings. The van der Waals surface area contributed by atoms with Gasteiger partial charge in [0.1, 0.15) is 11.5 Å². The van der Waals surface area contributed by atoms with E-state index >= 15 is 0 Å². The van der Waals surface area contributed by atoms with Crippen molar-refractivity contribution in [2.45, 2.75) is 78.1 Å². The van der Waals surface area contributed by atoms with Gasteiger partial charge in [-0.25, -0.2) is 4.79 Å². The molecule has 0 saturated carbocycles. The Bertz CT molecular complexity index is 995. The van der Waals surface area contributed by atoms with Gasteiger partial charge >= 0.3 is 5.97 Å². The molecule has 0 saturated heterocycles. The maximum atomic E-state index is 12.5. The van der Waals surface area contributed by atoms with Crippen molar-refractivity contribution in [3.05, 3.63) is 78.0 Å². The molecule has 35 heavy (non-hydrogen) atoms. The van der Waals surface area contributed by atoms with Crippen molar-refractivity contribution in [1.82, 2.24) is 4.98 Å². The van der Waals surface area contributed by atoms with E-state index in [9.17, 15) is 4.79 Å². The van der Waals surface area contributed by atoms with Crippen LogP contribution in [0, 0.1) is 0 Å². The maximum Gasteiger partial charge on any atom is 0.343 e. The molecule has 1 aromatic heterocycles. The van der Waals surface area contributed by atoms with Crippen LogP contribution in [0.25, 0.3) is 11.3 Å². The van der Waals surface area contributed by atoms with E-state index in [0.29, 0.717) is 11.3 Å². The Labute approximate surface area is 210 Å². The molecule has 0 aliphatic carbocycles. The van der Waals surface area contributed by atoms with E-state index in [1.54, 1.807) is 12.3 Å². The lowest BCUT2D eigenvalue weighted by Crippen LogP contribution is -2.08. The fourth-order valence-corrected chi connectivity index (χ4v) is 3.96. The van der Waals surface area contributed by atoms with Crippen LogP contribution in [0.3, 0.4) is 0 Å². The number of aryl methyl sites for hydroxylation is 1. The van der Waals surface area contributed by atoms with E-state index in [0.717, 1.165) is 36.5 Å². The van der Waals surface area contributed by atoms with E-state index in [1.807, 2.05) is 54.6 Å². The molecule has 0 spiro atoms. The summed E-state index contributed by atoms with van der Waals surface area (Å²) in [4.78, 5) is 17.0. The molecule has 4 heteroatoms. The van der Waals surface area contributed by atoms with Crippen LogP contribution in [-0.4, -0.2) is 17.6 Å². The van der Waals surface area contributed by atoms with E-state index in [1.165, 1.54) is 56.9 Å². The molecule has 2 aromatic carbocycles. The molecule has 3 rings (SSSR count). The Morgan fingerprint density at radius 1 is 0.714 bits per heavy atom. The van der Waals surface area contributed by atoms with Crippen molar-refractivity contribution >= 4 is 5.97 Å². The number of esters is 1. The number of carbonyl (C=O) groups is 1. The minimum absolute atomic E-state index is 0.366. The van der Waals surface area contributed by atoms with E-state index in [-0.39, 0.29) is 5.97 Å². The van der Waals surface area contributed by atoms with Gasteiger partial charge in [0, 0.05) is 5.56 Å². The van der Waals surface area contributed by atoms with Crippen LogP contribution >= 0.6 is 0 Å². The first kappa shape index (κ1) is 26.5. The highest BCUT2D eigenvalue weighted by atomic mass is 16.5. The molecule has 186 valence electrons. The number of carbonyl (C=O) groups excluding carboxylic acids is 1. The lowest BCUT2D eigenvalue weighted by Gasteiger charge is -2.08. The highest BCUT2D eigenvalue weighted by Gasteiger charge is 2.10.